The zero-order chi connectivity index (χ0) is 23.1. The van der Waals surface area contributed by atoms with Gasteiger partial charge in [-0.1, -0.05) is 75.9 Å². The predicted octanol–water partition coefficient (Wildman–Crippen LogP) is 8.23. The van der Waals surface area contributed by atoms with E-state index in [0.717, 1.165) is 37.8 Å². The molecule has 2 nitrogen and oxygen atoms in total. The summed E-state index contributed by atoms with van der Waals surface area (Å²) >= 11 is 1.83. The molecule has 3 heteroatoms. The van der Waals surface area contributed by atoms with Crippen molar-refractivity contribution in [3.8, 4) is 16.5 Å². The van der Waals surface area contributed by atoms with Crippen LogP contribution in [0.25, 0.3) is 10.4 Å². The largest absolute Gasteiger partial charge is 0.256 e. The molecule has 0 N–H and O–H groups in total. The van der Waals surface area contributed by atoms with Gasteiger partial charge in [0.05, 0.1) is 11.8 Å². The molecule has 1 atom stereocenters. The minimum atomic E-state index is -0.524. The minimum Gasteiger partial charge on any atom is -0.256 e. The number of fused-ring (bicyclic) bond motifs is 1. The summed E-state index contributed by atoms with van der Waals surface area (Å²) in [6.07, 6.45) is 12.0. The molecule has 0 amide bonds. The number of hydrogen-bond donors (Lipinski definition) is 0. The SMILES string of the molecule is CCCCCc1nc2c(c(-c3cccs3)c1CCCCC)CCC2(C#N)Cc1ccccc1. The van der Waals surface area contributed by atoms with Gasteiger partial charge >= 0.3 is 0 Å². The van der Waals surface area contributed by atoms with Crippen molar-refractivity contribution in [3.63, 3.8) is 0 Å². The first-order chi connectivity index (χ1) is 16.2. The van der Waals surface area contributed by atoms with E-state index in [1.165, 1.54) is 71.3 Å². The van der Waals surface area contributed by atoms with Gasteiger partial charge in [0, 0.05) is 16.1 Å². The van der Waals surface area contributed by atoms with Gasteiger partial charge < -0.3 is 0 Å². The summed E-state index contributed by atoms with van der Waals surface area (Å²) in [6, 6.07) is 17.7. The number of nitriles is 1. The van der Waals surface area contributed by atoms with E-state index in [4.69, 9.17) is 4.98 Å². The van der Waals surface area contributed by atoms with Crippen LogP contribution in [0.4, 0.5) is 0 Å². The van der Waals surface area contributed by atoms with Gasteiger partial charge in [-0.25, -0.2) is 0 Å². The molecule has 0 saturated heterocycles. The average Bonchev–Trinajstić information content (AvgIpc) is 3.49. The Morgan fingerprint density at radius 2 is 1.73 bits per heavy atom. The zero-order valence-electron chi connectivity index (χ0n) is 20.2. The summed E-state index contributed by atoms with van der Waals surface area (Å²) < 4.78 is 0. The fourth-order valence-corrected chi connectivity index (χ4v) is 6.19. The van der Waals surface area contributed by atoms with Crippen LogP contribution in [-0.2, 0) is 31.1 Å². The molecule has 1 aromatic carbocycles. The fraction of sp³-hybridized carbons (Fsp3) is 0.467. The first kappa shape index (κ1) is 23.7. The van der Waals surface area contributed by atoms with Gasteiger partial charge in [0.1, 0.15) is 5.41 Å². The van der Waals surface area contributed by atoms with Crippen molar-refractivity contribution in [1.29, 1.82) is 5.26 Å². The Labute approximate surface area is 203 Å². The van der Waals surface area contributed by atoms with Crippen LogP contribution in [0.1, 0.15) is 86.9 Å². The van der Waals surface area contributed by atoms with Gasteiger partial charge in [0.15, 0.2) is 0 Å². The second kappa shape index (κ2) is 11.1. The zero-order valence-corrected chi connectivity index (χ0v) is 21.0. The summed E-state index contributed by atoms with van der Waals surface area (Å²) in [4.78, 5) is 6.73. The molecular formula is C30H36N2S. The first-order valence-electron chi connectivity index (χ1n) is 12.8. The topological polar surface area (TPSA) is 36.7 Å². The molecule has 1 aliphatic rings. The van der Waals surface area contributed by atoms with Gasteiger partial charge in [0.2, 0.25) is 0 Å². The highest BCUT2D eigenvalue weighted by Gasteiger charge is 2.43. The molecule has 0 radical (unpaired) electrons. The second-order valence-corrected chi connectivity index (χ2v) is 10.4. The summed E-state index contributed by atoms with van der Waals surface area (Å²) in [5.74, 6) is 0. The number of pyridine rings is 1. The van der Waals surface area contributed by atoms with Gasteiger partial charge in [0.25, 0.3) is 0 Å². The monoisotopic (exact) mass is 456 g/mol. The Kier molecular flexibility index (Phi) is 7.99. The molecule has 1 unspecified atom stereocenters. The lowest BCUT2D eigenvalue weighted by atomic mass is 9.79. The Bertz CT molecular complexity index is 1080. The molecule has 172 valence electrons. The van der Waals surface area contributed by atoms with Crippen LogP contribution in [0.15, 0.2) is 47.8 Å². The normalized spacial score (nSPS) is 17.1. The average molecular weight is 457 g/mol. The molecule has 33 heavy (non-hydrogen) atoms. The van der Waals surface area contributed by atoms with E-state index in [1.807, 2.05) is 17.4 Å². The van der Waals surface area contributed by atoms with E-state index in [0.29, 0.717) is 0 Å². The highest BCUT2D eigenvalue weighted by Crippen LogP contribution is 2.47. The number of aryl methyl sites for hydroxylation is 1. The van der Waals surface area contributed by atoms with Crippen LogP contribution in [0, 0.1) is 11.3 Å². The van der Waals surface area contributed by atoms with Crippen LogP contribution in [-0.4, -0.2) is 4.98 Å². The van der Waals surface area contributed by atoms with Crippen molar-refractivity contribution >= 4 is 11.3 Å². The maximum atomic E-state index is 10.5. The number of hydrogen-bond acceptors (Lipinski definition) is 3. The van der Waals surface area contributed by atoms with Crippen molar-refractivity contribution in [1.82, 2.24) is 4.98 Å². The number of nitrogens with zero attached hydrogens (tertiary/aromatic N) is 2. The number of unbranched alkanes of at least 4 members (excludes halogenated alkanes) is 4. The van der Waals surface area contributed by atoms with E-state index in [1.54, 1.807) is 0 Å². The smallest absolute Gasteiger partial charge is 0.104 e. The second-order valence-electron chi connectivity index (χ2n) is 9.49. The van der Waals surface area contributed by atoms with Crippen molar-refractivity contribution < 1.29 is 0 Å². The quantitative estimate of drug-likeness (QED) is 0.272. The predicted molar refractivity (Wildman–Crippen MR) is 140 cm³/mol. The highest BCUT2D eigenvalue weighted by atomic mass is 32.1. The van der Waals surface area contributed by atoms with Crippen LogP contribution in [0.3, 0.4) is 0 Å². The number of benzene rings is 1. The molecule has 0 saturated carbocycles. The maximum absolute atomic E-state index is 10.5. The molecule has 2 aromatic heterocycles. The van der Waals surface area contributed by atoms with Crippen molar-refractivity contribution in [2.75, 3.05) is 0 Å². The Hall–Kier alpha value is -2.44. The summed E-state index contributed by atoms with van der Waals surface area (Å²) in [7, 11) is 0. The summed E-state index contributed by atoms with van der Waals surface area (Å²) in [6.45, 7) is 4.53. The number of aromatic nitrogens is 1. The van der Waals surface area contributed by atoms with Gasteiger partial charge in [-0.2, -0.15) is 5.26 Å². The molecule has 2 heterocycles. The number of rotatable bonds is 11. The lowest BCUT2D eigenvalue weighted by Crippen LogP contribution is -2.26. The lowest BCUT2D eigenvalue weighted by molar-refractivity contribution is 0.526. The van der Waals surface area contributed by atoms with E-state index in [9.17, 15) is 5.26 Å². The fourth-order valence-electron chi connectivity index (χ4n) is 5.36. The van der Waals surface area contributed by atoms with E-state index in [-0.39, 0.29) is 0 Å². The van der Waals surface area contributed by atoms with Gasteiger partial charge in [-0.3, -0.25) is 4.98 Å². The third kappa shape index (κ3) is 5.07. The van der Waals surface area contributed by atoms with E-state index >= 15 is 0 Å². The standard InChI is InChI=1S/C30H36N2S/c1-3-5-8-15-24-26(16-9-6-4-2)32-29-25(28(24)27-17-12-20-33-27)18-19-30(29,22-31)21-23-13-10-7-11-14-23/h7,10-14,17,20H,3-6,8-9,15-16,18-19,21H2,1-2H3. The number of thiophene rings is 1. The minimum absolute atomic E-state index is 0.524. The van der Waals surface area contributed by atoms with Crippen molar-refractivity contribution in [3.05, 3.63) is 75.9 Å². The Morgan fingerprint density at radius 1 is 0.970 bits per heavy atom. The summed E-state index contributed by atoms with van der Waals surface area (Å²) in [5.41, 5.74) is 7.27. The van der Waals surface area contributed by atoms with Gasteiger partial charge in [-0.05, 0) is 73.1 Å². The van der Waals surface area contributed by atoms with E-state index in [2.05, 4.69) is 61.7 Å². The third-order valence-corrected chi connectivity index (χ3v) is 8.00. The van der Waals surface area contributed by atoms with Crippen molar-refractivity contribution in [2.24, 2.45) is 0 Å². The molecule has 3 aromatic rings. The third-order valence-electron chi connectivity index (χ3n) is 7.12. The van der Waals surface area contributed by atoms with Crippen LogP contribution in [0.5, 0.6) is 0 Å². The Balaban J connectivity index is 1.86. The van der Waals surface area contributed by atoms with Crippen LogP contribution >= 0.6 is 11.3 Å². The van der Waals surface area contributed by atoms with E-state index < -0.39 is 5.41 Å². The van der Waals surface area contributed by atoms with Crippen LogP contribution < -0.4 is 0 Å². The molecule has 0 fully saturated rings. The molecule has 1 aliphatic carbocycles. The Morgan fingerprint density at radius 3 is 2.39 bits per heavy atom. The highest BCUT2D eigenvalue weighted by molar-refractivity contribution is 7.13. The van der Waals surface area contributed by atoms with Gasteiger partial charge in [-0.15, -0.1) is 11.3 Å². The first-order valence-corrected chi connectivity index (χ1v) is 13.6. The molecular weight excluding hydrogens is 420 g/mol. The molecule has 4 rings (SSSR count). The van der Waals surface area contributed by atoms with Crippen LogP contribution in [0.2, 0.25) is 0 Å². The molecule has 0 aliphatic heterocycles. The molecule has 0 spiro atoms. The maximum Gasteiger partial charge on any atom is 0.104 e. The summed E-state index contributed by atoms with van der Waals surface area (Å²) in [5, 5.41) is 12.7. The lowest BCUT2D eigenvalue weighted by Gasteiger charge is -2.24. The van der Waals surface area contributed by atoms with Crippen molar-refractivity contribution in [2.45, 2.75) is 89.9 Å². The molecule has 0 bridgehead atoms.